The quantitative estimate of drug-likeness (QED) is 0.761. The van der Waals surface area contributed by atoms with Crippen molar-refractivity contribution >= 4 is 5.97 Å². The van der Waals surface area contributed by atoms with Crippen LogP contribution in [0.25, 0.3) is 0 Å². The first-order valence-electron chi connectivity index (χ1n) is 7.05. The molecule has 1 atom stereocenters. The zero-order valence-electron chi connectivity index (χ0n) is 12.4. The van der Waals surface area contributed by atoms with Gasteiger partial charge in [0.1, 0.15) is 5.75 Å². The second-order valence-electron chi connectivity index (χ2n) is 4.90. The molecule has 1 unspecified atom stereocenters. The maximum Gasteiger partial charge on any atom is 0.312 e. The highest BCUT2D eigenvalue weighted by Gasteiger charge is 2.15. The molecule has 2 aromatic rings. The Morgan fingerprint density at radius 3 is 2.33 bits per heavy atom. The summed E-state index contributed by atoms with van der Waals surface area (Å²) in [6, 6.07) is 17.8. The van der Waals surface area contributed by atoms with Gasteiger partial charge in [0.2, 0.25) is 0 Å². The number of benzene rings is 2. The van der Waals surface area contributed by atoms with Crippen molar-refractivity contribution in [1.82, 2.24) is 0 Å². The SMILES string of the molecule is COC(=O)C(C)c1ccc(OCCc2ccccc2)cc1. The number of hydrogen-bond donors (Lipinski definition) is 0. The van der Waals surface area contributed by atoms with E-state index in [2.05, 4.69) is 12.1 Å². The molecule has 0 fully saturated rings. The minimum Gasteiger partial charge on any atom is -0.493 e. The van der Waals surface area contributed by atoms with E-state index in [-0.39, 0.29) is 11.9 Å². The van der Waals surface area contributed by atoms with Crippen LogP contribution in [0.5, 0.6) is 5.75 Å². The van der Waals surface area contributed by atoms with E-state index in [9.17, 15) is 4.79 Å². The van der Waals surface area contributed by atoms with E-state index in [1.54, 1.807) is 0 Å². The summed E-state index contributed by atoms with van der Waals surface area (Å²) in [6.07, 6.45) is 0.876. The van der Waals surface area contributed by atoms with E-state index in [0.717, 1.165) is 17.7 Å². The van der Waals surface area contributed by atoms with Crippen LogP contribution in [-0.4, -0.2) is 19.7 Å². The second-order valence-corrected chi connectivity index (χ2v) is 4.90. The minimum atomic E-state index is -0.256. The van der Waals surface area contributed by atoms with Crippen molar-refractivity contribution in [2.24, 2.45) is 0 Å². The lowest BCUT2D eigenvalue weighted by atomic mass is 10.0. The van der Waals surface area contributed by atoms with E-state index in [1.165, 1.54) is 12.7 Å². The highest BCUT2D eigenvalue weighted by atomic mass is 16.5. The Balaban J connectivity index is 1.86. The Kier molecular flexibility index (Phi) is 5.38. The number of ether oxygens (including phenoxy) is 2. The Bertz CT molecular complexity index is 561. The monoisotopic (exact) mass is 284 g/mol. The molecule has 0 saturated heterocycles. The third-order valence-corrected chi connectivity index (χ3v) is 3.44. The molecule has 0 aliphatic heterocycles. The maximum absolute atomic E-state index is 11.5. The lowest BCUT2D eigenvalue weighted by molar-refractivity contribution is -0.141. The molecule has 0 radical (unpaired) electrons. The molecular formula is C18H20O3. The van der Waals surface area contributed by atoms with Crippen LogP contribution in [0, 0.1) is 0 Å². The molecule has 3 nitrogen and oxygen atoms in total. The average Bonchev–Trinajstić information content (AvgIpc) is 2.55. The summed E-state index contributed by atoms with van der Waals surface area (Å²) in [7, 11) is 1.40. The van der Waals surface area contributed by atoms with Crippen LogP contribution in [0.15, 0.2) is 54.6 Å². The Hall–Kier alpha value is -2.29. The largest absolute Gasteiger partial charge is 0.493 e. The van der Waals surface area contributed by atoms with Gasteiger partial charge in [-0.2, -0.15) is 0 Å². The van der Waals surface area contributed by atoms with Crippen molar-refractivity contribution < 1.29 is 14.3 Å². The molecule has 0 spiro atoms. The number of hydrogen-bond acceptors (Lipinski definition) is 3. The van der Waals surface area contributed by atoms with Gasteiger partial charge in [0.05, 0.1) is 19.6 Å². The molecule has 0 N–H and O–H groups in total. The zero-order chi connectivity index (χ0) is 15.1. The standard InChI is InChI=1S/C18H20O3/c1-14(18(19)20-2)16-8-10-17(11-9-16)21-13-12-15-6-4-3-5-7-15/h3-11,14H,12-13H2,1-2H3. The first-order valence-corrected chi connectivity index (χ1v) is 7.05. The Morgan fingerprint density at radius 2 is 1.71 bits per heavy atom. The van der Waals surface area contributed by atoms with Gasteiger partial charge >= 0.3 is 5.97 Å². The summed E-state index contributed by atoms with van der Waals surface area (Å²) < 4.78 is 10.5. The summed E-state index contributed by atoms with van der Waals surface area (Å²) in [6.45, 7) is 2.47. The highest BCUT2D eigenvalue weighted by molar-refractivity contribution is 5.77. The number of rotatable bonds is 6. The van der Waals surface area contributed by atoms with Crippen molar-refractivity contribution in [2.75, 3.05) is 13.7 Å². The van der Waals surface area contributed by atoms with Crippen LogP contribution in [0.2, 0.25) is 0 Å². The summed E-state index contributed by atoms with van der Waals surface area (Å²) in [5.74, 6) is 0.327. The van der Waals surface area contributed by atoms with Gasteiger partial charge in [0, 0.05) is 6.42 Å². The van der Waals surface area contributed by atoms with Gasteiger partial charge in [-0.05, 0) is 30.2 Å². The van der Waals surface area contributed by atoms with Crippen molar-refractivity contribution in [3.05, 3.63) is 65.7 Å². The molecule has 3 heteroatoms. The molecule has 0 aromatic heterocycles. The van der Waals surface area contributed by atoms with Crippen LogP contribution in [0.3, 0.4) is 0 Å². The molecule has 0 bridgehead atoms. The van der Waals surface area contributed by atoms with E-state index < -0.39 is 0 Å². The molecule has 2 aromatic carbocycles. The molecule has 0 heterocycles. The first kappa shape index (κ1) is 15.1. The first-order chi connectivity index (χ1) is 10.2. The van der Waals surface area contributed by atoms with Crippen molar-refractivity contribution in [3.8, 4) is 5.75 Å². The van der Waals surface area contributed by atoms with Gasteiger partial charge in [0.15, 0.2) is 0 Å². The molecule has 0 amide bonds. The number of carbonyl (C=O) groups excluding carboxylic acids is 1. The fourth-order valence-electron chi connectivity index (χ4n) is 2.10. The lowest BCUT2D eigenvalue weighted by Crippen LogP contribution is -2.10. The highest BCUT2D eigenvalue weighted by Crippen LogP contribution is 2.20. The summed E-state index contributed by atoms with van der Waals surface area (Å²) >= 11 is 0. The van der Waals surface area contributed by atoms with Crippen molar-refractivity contribution in [2.45, 2.75) is 19.3 Å². The molecule has 110 valence electrons. The minimum absolute atomic E-state index is 0.229. The van der Waals surface area contributed by atoms with Gasteiger partial charge in [-0.25, -0.2) is 0 Å². The summed E-state index contributed by atoms with van der Waals surface area (Å²) in [5, 5.41) is 0. The van der Waals surface area contributed by atoms with E-state index in [4.69, 9.17) is 9.47 Å². The van der Waals surface area contributed by atoms with Crippen LogP contribution in [0.1, 0.15) is 24.0 Å². The topological polar surface area (TPSA) is 35.5 Å². The second kappa shape index (κ2) is 7.48. The third kappa shape index (κ3) is 4.35. The van der Waals surface area contributed by atoms with Gasteiger partial charge in [-0.1, -0.05) is 42.5 Å². The van der Waals surface area contributed by atoms with Gasteiger partial charge in [-0.3, -0.25) is 4.79 Å². The van der Waals surface area contributed by atoms with Crippen molar-refractivity contribution in [3.63, 3.8) is 0 Å². The molecule has 21 heavy (non-hydrogen) atoms. The normalized spacial score (nSPS) is 11.7. The molecule has 0 aliphatic carbocycles. The third-order valence-electron chi connectivity index (χ3n) is 3.44. The van der Waals surface area contributed by atoms with Crippen LogP contribution in [0.4, 0.5) is 0 Å². The molecule has 0 saturated carbocycles. The molecule has 0 aliphatic rings. The van der Waals surface area contributed by atoms with E-state index in [1.807, 2.05) is 49.4 Å². The van der Waals surface area contributed by atoms with Crippen LogP contribution >= 0.6 is 0 Å². The predicted molar refractivity (Wildman–Crippen MR) is 82.5 cm³/mol. The van der Waals surface area contributed by atoms with Crippen LogP contribution < -0.4 is 4.74 Å². The molecule has 2 rings (SSSR count). The number of esters is 1. The smallest absolute Gasteiger partial charge is 0.312 e. The summed E-state index contributed by atoms with van der Waals surface area (Å²) in [4.78, 5) is 11.5. The van der Waals surface area contributed by atoms with Gasteiger partial charge < -0.3 is 9.47 Å². The van der Waals surface area contributed by atoms with Crippen molar-refractivity contribution in [1.29, 1.82) is 0 Å². The zero-order valence-corrected chi connectivity index (χ0v) is 12.4. The average molecular weight is 284 g/mol. The Morgan fingerprint density at radius 1 is 1.05 bits per heavy atom. The summed E-state index contributed by atoms with van der Waals surface area (Å²) in [5.41, 5.74) is 2.19. The maximum atomic E-state index is 11.5. The van der Waals surface area contributed by atoms with E-state index in [0.29, 0.717) is 6.61 Å². The number of carbonyl (C=O) groups is 1. The van der Waals surface area contributed by atoms with Gasteiger partial charge in [-0.15, -0.1) is 0 Å². The Labute approximate surface area is 125 Å². The van der Waals surface area contributed by atoms with Gasteiger partial charge in [0.25, 0.3) is 0 Å². The number of methoxy groups -OCH3 is 1. The lowest BCUT2D eigenvalue weighted by Gasteiger charge is -2.11. The predicted octanol–water partition coefficient (Wildman–Crippen LogP) is 3.58. The van der Waals surface area contributed by atoms with Crippen LogP contribution in [-0.2, 0) is 16.0 Å². The molecular weight excluding hydrogens is 264 g/mol. The fraction of sp³-hybridized carbons (Fsp3) is 0.278. The van der Waals surface area contributed by atoms with E-state index >= 15 is 0 Å². The fourth-order valence-corrected chi connectivity index (χ4v) is 2.10.